The van der Waals surface area contributed by atoms with Crippen LogP contribution in [0.1, 0.15) is 0 Å². The van der Waals surface area contributed by atoms with Crippen LogP contribution in [0.2, 0.25) is 0 Å². The Labute approximate surface area is 111 Å². The van der Waals surface area contributed by atoms with E-state index in [0.717, 1.165) is 0 Å². The van der Waals surface area contributed by atoms with E-state index in [9.17, 15) is 9.59 Å². The molecule has 2 amide bonds. The molecule has 0 rings (SSSR count). The summed E-state index contributed by atoms with van der Waals surface area (Å²) in [6.45, 7) is 0.528. The second-order valence-corrected chi connectivity index (χ2v) is 3.31. The molecule has 0 unspecified atom stereocenters. The van der Waals surface area contributed by atoms with E-state index in [0.29, 0.717) is 6.54 Å². The fraction of sp³-hybridized carbons (Fsp3) is 0.778. The van der Waals surface area contributed by atoms with Crippen molar-refractivity contribution in [2.45, 2.75) is 0 Å². The monoisotopic (exact) mass is 324 g/mol. The molecular weight excluding hydrogens is 303 g/mol. The molecule has 0 fully saturated rings. The Kier molecular flexibility index (Phi) is 16.4. The summed E-state index contributed by atoms with van der Waals surface area (Å²) in [4.78, 5) is 23.9. The van der Waals surface area contributed by atoms with Crippen molar-refractivity contribution < 1.29 is 30.0 Å². The normalized spacial score (nSPS) is 8.12. The van der Waals surface area contributed by atoms with E-state index in [2.05, 4.69) is 5.32 Å². The van der Waals surface area contributed by atoms with Crippen LogP contribution in [-0.2, 0) is 30.0 Å². The Bertz CT molecular complexity index is 198. The molecule has 7 heteroatoms. The zero-order valence-corrected chi connectivity index (χ0v) is 12.1. The van der Waals surface area contributed by atoms with Gasteiger partial charge in [0, 0.05) is 48.6 Å². The standard InChI is InChI=1S/C5H12N2O.C4H10N2O.Pd/c1-6-4-5(8)7(2)3;1-6(2)4(7)3-5;/h6H,4H2,1-3H3;3,5H2,1-2H3;. The Morgan fingerprint density at radius 2 is 1.44 bits per heavy atom. The van der Waals surface area contributed by atoms with Crippen molar-refractivity contribution in [2.75, 3.05) is 48.3 Å². The van der Waals surface area contributed by atoms with E-state index in [1.54, 1.807) is 40.1 Å². The molecule has 6 nitrogen and oxygen atoms in total. The molecule has 0 spiro atoms. The molecule has 0 saturated carbocycles. The molecule has 0 bridgehead atoms. The van der Waals surface area contributed by atoms with Gasteiger partial charge >= 0.3 is 0 Å². The number of carbonyl (C=O) groups excluding carboxylic acids is 2. The van der Waals surface area contributed by atoms with Crippen LogP contribution >= 0.6 is 0 Å². The van der Waals surface area contributed by atoms with Crippen LogP contribution in [0.25, 0.3) is 0 Å². The van der Waals surface area contributed by atoms with Crippen molar-refractivity contribution in [2.24, 2.45) is 5.73 Å². The number of likely N-dealkylation sites (N-methyl/N-ethyl adjacent to an activating group) is 3. The van der Waals surface area contributed by atoms with Crippen LogP contribution in [0, 0.1) is 0 Å². The smallest absolute Gasteiger partial charge is 0.235 e. The zero-order chi connectivity index (χ0) is 12.4. The van der Waals surface area contributed by atoms with Crippen LogP contribution < -0.4 is 11.1 Å². The molecule has 0 aliphatic heterocycles. The van der Waals surface area contributed by atoms with E-state index in [1.807, 2.05) is 0 Å². The SMILES string of the molecule is CN(C)C(=O)CN.CNCC(=O)N(C)C.[Pd]. The summed E-state index contributed by atoms with van der Waals surface area (Å²) in [5.74, 6) is 0.0625. The largest absolute Gasteiger partial charge is 0.348 e. The second kappa shape index (κ2) is 12.6. The van der Waals surface area contributed by atoms with Gasteiger partial charge in [-0.1, -0.05) is 0 Å². The molecule has 0 atom stereocenters. The molecule has 100 valence electrons. The number of amides is 2. The molecule has 0 heterocycles. The number of carbonyl (C=O) groups is 2. The van der Waals surface area contributed by atoms with Gasteiger partial charge in [-0.15, -0.1) is 0 Å². The van der Waals surface area contributed by atoms with E-state index in [-0.39, 0.29) is 38.8 Å². The summed E-state index contributed by atoms with van der Waals surface area (Å²) < 4.78 is 0. The van der Waals surface area contributed by atoms with Gasteiger partial charge in [0.2, 0.25) is 11.8 Å². The van der Waals surface area contributed by atoms with Gasteiger partial charge in [-0.2, -0.15) is 0 Å². The number of nitrogens with zero attached hydrogens (tertiary/aromatic N) is 2. The Hall–Kier alpha value is -0.478. The van der Waals surface area contributed by atoms with Gasteiger partial charge in [-0.25, -0.2) is 0 Å². The molecule has 0 aromatic rings. The third-order valence-electron chi connectivity index (χ3n) is 1.50. The van der Waals surface area contributed by atoms with Crippen molar-refractivity contribution in [3.63, 3.8) is 0 Å². The van der Waals surface area contributed by atoms with Crippen molar-refractivity contribution in [3.8, 4) is 0 Å². The second-order valence-electron chi connectivity index (χ2n) is 3.31. The molecular formula is C9H22N4O2Pd. The average Bonchev–Trinajstić information content (AvgIpc) is 2.17. The molecule has 0 aromatic carbocycles. The first kappa shape index (κ1) is 20.9. The van der Waals surface area contributed by atoms with Crippen molar-refractivity contribution >= 4 is 11.8 Å². The maximum atomic E-state index is 10.6. The minimum Gasteiger partial charge on any atom is -0.348 e. The minimum atomic E-state index is -0.0417. The van der Waals surface area contributed by atoms with Crippen LogP contribution in [-0.4, -0.2) is 69.9 Å². The van der Waals surface area contributed by atoms with Gasteiger partial charge in [0.25, 0.3) is 0 Å². The summed E-state index contributed by atoms with van der Waals surface area (Å²) in [5.41, 5.74) is 4.98. The summed E-state index contributed by atoms with van der Waals surface area (Å²) in [6.07, 6.45) is 0. The zero-order valence-electron chi connectivity index (χ0n) is 10.5. The molecule has 0 aliphatic rings. The number of hydrogen-bond acceptors (Lipinski definition) is 4. The topological polar surface area (TPSA) is 78.7 Å². The third-order valence-corrected chi connectivity index (χ3v) is 1.50. The molecule has 16 heavy (non-hydrogen) atoms. The predicted molar refractivity (Wildman–Crippen MR) is 60.4 cm³/mol. The predicted octanol–water partition coefficient (Wildman–Crippen LogP) is -1.68. The summed E-state index contributed by atoms with van der Waals surface area (Å²) >= 11 is 0. The third kappa shape index (κ3) is 13.5. The van der Waals surface area contributed by atoms with Crippen molar-refractivity contribution in [1.82, 2.24) is 15.1 Å². The van der Waals surface area contributed by atoms with E-state index in [1.165, 1.54) is 4.90 Å². The van der Waals surface area contributed by atoms with Crippen LogP contribution in [0.3, 0.4) is 0 Å². The number of nitrogens with two attached hydrogens (primary N) is 1. The fourth-order valence-electron chi connectivity index (χ4n) is 0.492. The Morgan fingerprint density at radius 3 is 1.50 bits per heavy atom. The van der Waals surface area contributed by atoms with Gasteiger partial charge in [-0.3, -0.25) is 9.59 Å². The van der Waals surface area contributed by atoms with Gasteiger partial charge < -0.3 is 20.9 Å². The molecule has 0 aliphatic carbocycles. The van der Waals surface area contributed by atoms with Crippen LogP contribution in [0.5, 0.6) is 0 Å². The quantitative estimate of drug-likeness (QED) is 0.608. The first-order valence-electron chi connectivity index (χ1n) is 4.61. The maximum Gasteiger partial charge on any atom is 0.235 e. The van der Waals surface area contributed by atoms with Crippen LogP contribution in [0.4, 0.5) is 0 Å². The molecule has 3 N–H and O–H groups in total. The minimum absolute atomic E-state index is 0. The van der Waals surface area contributed by atoms with E-state index < -0.39 is 0 Å². The van der Waals surface area contributed by atoms with E-state index >= 15 is 0 Å². The van der Waals surface area contributed by atoms with Gasteiger partial charge in [0.15, 0.2) is 0 Å². The van der Waals surface area contributed by atoms with Crippen LogP contribution in [0.15, 0.2) is 0 Å². The fourth-order valence-corrected chi connectivity index (χ4v) is 0.492. The molecule has 0 saturated heterocycles. The summed E-state index contributed by atoms with van der Waals surface area (Å²) in [5, 5.41) is 2.76. The first-order chi connectivity index (χ1) is 6.86. The van der Waals surface area contributed by atoms with Crippen molar-refractivity contribution in [1.29, 1.82) is 0 Å². The molecule has 0 radical (unpaired) electrons. The van der Waals surface area contributed by atoms with Crippen molar-refractivity contribution in [3.05, 3.63) is 0 Å². The van der Waals surface area contributed by atoms with Gasteiger partial charge in [0.1, 0.15) is 0 Å². The van der Waals surface area contributed by atoms with Gasteiger partial charge in [-0.05, 0) is 7.05 Å². The van der Waals surface area contributed by atoms with E-state index in [4.69, 9.17) is 5.73 Å². The van der Waals surface area contributed by atoms with Gasteiger partial charge in [0.05, 0.1) is 13.1 Å². The summed E-state index contributed by atoms with van der Waals surface area (Å²) in [7, 11) is 8.57. The number of hydrogen-bond donors (Lipinski definition) is 2. The maximum absolute atomic E-state index is 10.6. The average molecular weight is 325 g/mol. The number of nitrogens with one attached hydrogen (secondary N) is 1. The molecule has 0 aromatic heterocycles. The Balaban J connectivity index is -0.000000200. The number of rotatable bonds is 3. The Morgan fingerprint density at radius 1 is 1.06 bits per heavy atom. The summed E-state index contributed by atoms with van der Waals surface area (Å²) in [6, 6.07) is 0. The first-order valence-corrected chi connectivity index (χ1v) is 4.61.